The van der Waals surface area contributed by atoms with Crippen LogP contribution in [0.15, 0.2) is 18.5 Å². The molecule has 1 unspecified atom stereocenters. The second kappa shape index (κ2) is 6.83. The predicted octanol–water partition coefficient (Wildman–Crippen LogP) is 2.38. The van der Waals surface area contributed by atoms with Crippen molar-refractivity contribution in [3.63, 3.8) is 0 Å². The van der Waals surface area contributed by atoms with Gasteiger partial charge in [-0.05, 0) is 12.5 Å². The topological polar surface area (TPSA) is 56.3 Å². The summed E-state index contributed by atoms with van der Waals surface area (Å²) in [7, 11) is 1.22. The zero-order valence-corrected chi connectivity index (χ0v) is 10.5. The Balaban J connectivity index is 2.95. The number of ketones is 1. The minimum absolute atomic E-state index is 0.114. The van der Waals surface area contributed by atoms with Gasteiger partial charge >= 0.3 is 5.97 Å². The van der Waals surface area contributed by atoms with Crippen molar-refractivity contribution in [2.75, 3.05) is 7.11 Å². The number of unbranched alkanes of at least 4 members (excludes halogenated alkanes) is 1. The Bertz CT molecular complexity index is 434. The highest BCUT2D eigenvalue weighted by molar-refractivity contribution is 6.08. The monoisotopic (exact) mass is 253 g/mol. The zero-order chi connectivity index (χ0) is 13.5. The van der Waals surface area contributed by atoms with E-state index in [-0.39, 0.29) is 5.56 Å². The molecule has 1 atom stereocenters. The molecule has 0 aliphatic heterocycles. The number of rotatable bonds is 6. The number of ether oxygens (including phenoxy) is 1. The molecule has 1 rings (SSSR count). The number of hydrogen-bond donors (Lipinski definition) is 0. The third-order valence-electron chi connectivity index (χ3n) is 2.69. The first kappa shape index (κ1) is 14.3. The fourth-order valence-electron chi connectivity index (χ4n) is 1.67. The van der Waals surface area contributed by atoms with Crippen LogP contribution in [0.2, 0.25) is 0 Å². The fourth-order valence-corrected chi connectivity index (χ4v) is 1.67. The van der Waals surface area contributed by atoms with Crippen LogP contribution < -0.4 is 0 Å². The second-order valence-electron chi connectivity index (χ2n) is 3.94. The molecule has 98 valence electrons. The van der Waals surface area contributed by atoms with Crippen molar-refractivity contribution in [1.29, 1.82) is 0 Å². The van der Waals surface area contributed by atoms with Crippen molar-refractivity contribution in [1.82, 2.24) is 4.98 Å². The quantitative estimate of drug-likeness (QED) is 0.443. The molecule has 5 heteroatoms. The highest BCUT2D eigenvalue weighted by atomic mass is 19.1. The summed E-state index contributed by atoms with van der Waals surface area (Å²) in [6.45, 7) is 1.95. The average Bonchev–Trinajstić information content (AvgIpc) is 2.39. The molecule has 0 bridgehead atoms. The van der Waals surface area contributed by atoms with Crippen LogP contribution in [0.1, 0.15) is 36.5 Å². The van der Waals surface area contributed by atoms with Gasteiger partial charge in [-0.1, -0.05) is 19.8 Å². The van der Waals surface area contributed by atoms with Crippen molar-refractivity contribution in [2.24, 2.45) is 5.92 Å². The van der Waals surface area contributed by atoms with Crippen LogP contribution in [-0.4, -0.2) is 23.8 Å². The first-order valence-electron chi connectivity index (χ1n) is 5.83. The Morgan fingerprint density at radius 2 is 2.22 bits per heavy atom. The number of hydrogen-bond acceptors (Lipinski definition) is 4. The normalized spacial score (nSPS) is 11.9. The van der Waals surface area contributed by atoms with E-state index in [1.807, 2.05) is 6.92 Å². The van der Waals surface area contributed by atoms with Crippen LogP contribution >= 0.6 is 0 Å². The molecule has 1 aromatic heterocycles. The number of Topliss-reactive ketones (excluding diaryl/α,β-unsaturated/α-hetero) is 1. The molecular weight excluding hydrogens is 237 g/mol. The summed E-state index contributed by atoms with van der Waals surface area (Å²) in [4.78, 5) is 27.2. The number of aromatic nitrogens is 1. The number of pyridine rings is 1. The van der Waals surface area contributed by atoms with Gasteiger partial charge < -0.3 is 4.74 Å². The van der Waals surface area contributed by atoms with Gasteiger partial charge in [0.1, 0.15) is 5.92 Å². The Labute approximate surface area is 105 Å². The largest absolute Gasteiger partial charge is 0.468 e. The first-order chi connectivity index (χ1) is 8.61. The third kappa shape index (κ3) is 3.35. The molecule has 0 spiro atoms. The number of esters is 1. The van der Waals surface area contributed by atoms with E-state index in [0.29, 0.717) is 12.8 Å². The molecule has 0 aromatic carbocycles. The number of carbonyl (C=O) groups excluding carboxylic acids is 2. The predicted molar refractivity (Wildman–Crippen MR) is 63.6 cm³/mol. The molecule has 0 aliphatic carbocycles. The second-order valence-corrected chi connectivity index (χ2v) is 3.94. The number of carbonyl (C=O) groups is 2. The van der Waals surface area contributed by atoms with Gasteiger partial charge in [0.25, 0.3) is 0 Å². The molecule has 1 heterocycles. The van der Waals surface area contributed by atoms with E-state index in [0.717, 1.165) is 12.6 Å². The van der Waals surface area contributed by atoms with Gasteiger partial charge in [0.05, 0.1) is 18.9 Å². The molecule has 1 aromatic rings. The van der Waals surface area contributed by atoms with Crippen LogP contribution in [0.25, 0.3) is 0 Å². The summed E-state index contributed by atoms with van der Waals surface area (Å²) in [5.41, 5.74) is -0.114. The third-order valence-corrected chi connectivity index (χ3v) is 2.69. The lowest BCUT2D eigenvalue weighted by Crippen LogP contribution is -2.26. The van der Waals surface area contributed by atoms with E-state index in [9.17, 15) is 14.0 Å². The van der Waals surface area contributed by atoms with E-state index >= 15 is 0 Å². The summed E-state index contributed by atoms with van der Waals surface area (Å²) in [5.74, 6) is -2.82. The summed E-state index contributed by atoms with van der Waals surface area (Å²) < 4.78 is 18.0. The van der Waals surface area contributed by atoms with Crippen molar-refractivity contribution in [2.45, 2.75) is 26.2 Å². The maximum absolute atomic E-state index is 13.5. The van der Waals surface area contributed by atoms with Gasteiger partial charge in [0, 0.05) is 6.20 Å². The molecule has 4 nitrogen and oxygen atoms in total. The van der Waals surface area contributed by atoms with Crippen molar-refractivity contribution in [3.8, 4) is 0 Å². The van der Waals surface area contributed by atoms with E-state index in [1.54, 1.807) is 0 Å². The maximum atomic E-state index is 13.5. The van der Waals surface area contributed by atoms with Gasteiger partial charge in [-0.2, -0.15) is 0 Å². The van der Waals surface area contributed by atoms with Crippen molar-refractivity contribution in [3.05, 3.63) is 29.8 Å². The molecule has 18 heavy (non-hydrogen) atoms. The van der Waals surface area contributed by atoms with E-state index < -0.39 is 23.5 Å². The average molecular weight is 253 g/mol. The molecular formula is C13H16FNO3. The lowest BCUT2D eigenvalue weighted by Gasteiger charge is -2.13. The Morgan fingerprint density at radius 3 is 2.78 bits per heavy atom. The van der Waals surface area contributed by atoms with Gasteiger partial charge in [0.15, 0.2) is 11.6 Å². The Morgan fingerprint density at radius 1 is 1.50 bits per heavy atom. The summed E-state index contributed by atoms with van der Waals surface area (Å²) in [6.07, 6.45) is 4.20. The van der Waals surface area contributed by atoms with Gasteiger partial charge in [-0.25, -0.2) is 4.39 Å². The molecule has 0 N–H and O–H groups in total. The summed E-state index contributed by atoms with van der Waals surface area (Å²) >= 11 is 0. The van der Waals surface area contributed by atoms with Gasteiger partial charge in [-0.3, -0.25) is 14.6 Å². The zero-order valence-electron chi connectivity index (χ0n) is 10.5. The number of nitrogens with zero attached hydrogens (tertiary/aromatic N) is 1. The Hall–Kier alpha value is -1.78. The molecule has 0 aliphatic rings. The van der Waals surface area contributed by atoms with Crippen LogP contribution in [0, 0.1) is 11.7 Å². The van der Waals surface area contributed by atoms with Crippen molar-refractivity contribution < 1.29 is 18.7 Å². The van der Waals surface area contributed by atoms with E-state index in [1.165, 1.54) is 19.4 Å². The molecule has 0 saturated carbocycles. The van der Waals surface area contributed by atoms with Gasteiger partial charge in [0.2, 0.25) is 0 Å². The maximum Gasteiger partial charge on any atom is 0.316 e. The lowest BCUT2D eigenvalue weighted by atomic mass is 9.93. The number of halogens is 1. The lowest BCUT2D eigenvalue weighted by molar-refractivity contribution is -0.143. The highest BCUT2D eigenvalue weighted by Crippen LogP contribution is 2.18. The van der Waals surface area contributed by atoms with E-state index in [2.05, 4.69) is 9.72 Å². The van der Waals surface area contributed by atoms with Crippen LogP contribution in [0.4, 0.5) is 4.39 Å². The molecule has 0 fully saturated rings. The smallest absolute Gasteiger partial charge is 0.316 e. The van der Waals surface area contributed by atoms with Gasteiger partial charge in [-0.15, -0.1) is 0 Å². The van der Waals surface area contributed by atoms with Crippen molar-refractivity contribution >= 4 is 11.8 Å². The number of methoxy groups -OCH3 is 1. The van der Waals surface area contributed by atoms with E-state index in [4.69, 9.17) is 0 Å². The standard InChI is InChI=1S/C13H16FNO3/c1-3-4-5-10(13(17)18-2)12(16)9-6-7-15-8-11(9)14/h6-8,10H,3-5H2,1-2H3. The van der Waals surface area contributed by atoms with Crippen LogP contribution in [0.5, 0.6) is 0 Å². The summed E-state index contributed by atoms with van der Waals surface area (Å²) in [6, 6.07) is 1.28. The minimum Gasteiger partial charge on any atom is -0.468 e. The molecule has 0 saturated heterocycles. The SMILES string of the molecule is CCCCC(C(=O)OC)C(=O)c1ccncc1F. The molecule has 0 radical (unpaired) electrons. The molecule has 0 amide bonds. The van der Waals surface area contributed by atoms with Crippen LogP contribution in [0.3, 0.4) is 0 Å². The van der Waals surface area contributed by atoms with Crippen LogP contribution in [-0.2, 0) is 9.53 Å². The fraction of sp³-hybridized carbons (Fsp3) is 0.462. The summed E-state index contributed by atoms with van der Waals surface area (Å²) in [5, 5.41) is 0. The first-order valence-corrected chi connectivity index (χ1v) is 5.83. The highest BCUT2D eigenvalue weighted by Gasteiger charge is 2.29. The Kier molecular flexibility index (Phi) is 5.42. The minimum atomic E-state index is -0.938.